The lowest BCUT2D eigenvalue weighted by molar-refractivity contribution is -0.137. The van der Waals surface area contributed by atoms with E-state index in [1.165, 1.54) is 18.3 Å². The van der Waals surface area contributed by atoms with E-state index in [2.05, 4.69) is 25.6 Å². The standard InChI is InChI=1S/C23H18F6N6O/c24-13-9-16(25)19(17(26)10-13)33-22-32-18-11-30-21(31-14-3-1-12(2-4-14)23(27,28)29)34-20(18)35(22)15-5-7-36-8-6-15/h1-4,9-11,15H,5-8H2,(H,32,33)(H,30,31,34). The molecule has 13 heteroatoms. The van der Waals surface area contributed by atoms with Gasteiger partial charge in [-0.1, -0.05) is 0 Å². The molecule has 0 saturated carbocycles. The lowest BCUT2D eigenvalue weighted by atomic mass is 10.1. The fourth-order valence-electron chi connectivity index (χ4n) is 3.97. The molecule has 36 heavy (non-hydrogen) atoms. The van der Waals surface area contributed by atoms with Crippen molar-refractivity contribution in [3.05, 3.63) is 65.6 Å². The lowest BCUT2D eigenvalue weighted by Gasteiger charge is -2.25. The van der Waals surface area contributed by atoms with Crippen LogP contribution in [0.2, 0.25) is 0 Å². The predicted octanol–water partition coefficient (Wildman–Crippen LogP) is 6.10. The summed E-state index contributed by atoms with van der Waals surface area (Å²) in [6.07, 6.45) is -1.94. The smallest absolute Gasteiger partial charge is 0.381 e. The highest BCUT2D eigenvalue weighted by Gasteiger charge is 2.30. The Hall–Kier alpha value is -3.87. The van der Waals surface area contributed by atoms with Gasteiger partial charge in [0.05, 0.1) is 11.8 Å². The first-order chi connectivity index (χ1) is 17.2. The van der Waals surface area contributed by atoms with Crippen molar-refractivity contribution in [1.29, 1.82) is 0 Å². The van der Waals surface area contributed by atoms with Crippen molar-refractivity contribution < 1.29 is 31.1 Å². The number of ether oxygens (including phenoxy) is 1. The van der Waals surface area contributed by atoms with Crippen LogP contribution >= 0.6 is 0 Å². The van der Waals surface area contributed by atoms with Crippen molar-refractivity contribution >= 4 is 34.4 Å². The second kappa shape index (κ2) is 9.30. The van der Waals surface area contributed by atoms with Crippen LogP contribution in [-0.4, -0.2) is 32.7 Å². The third-order valence-corrected chi connectivity index (χ3v) is 5.70. The maximum Gasteiger partial charge on any atom is 0.416 e. The van der Waals surface area contributed by atoms with Gasteiger partial charge in [-0.15, -0.1) is 0 Å². The van der Waals surface area contributed by atoms with Gasteiger partial charge in [0.25, 0.3) is 0 Å². The molecule has 0 spiro atoms. The maximum atomic E-state index is 14.3. The van der Waals surface area contributed by atoms with E-state index in [1.54, 1.807) is 4.57 Å². The normalized spacial score (nSPS) is 14.8. The molecule has 0 aliphatic carbocycles. The molecule has 0 radical (unpaired) electrons. The predicted molar refractivity (Wildman–Crippen MR) is 119 cm³/mol. The van der Waals surface area contributed by atoms with Gasteiger partial charge in [0.15, 0.2) is 17.3 Å². The number of anilines is 4. The van der Waals surface area contributed by atoms with Gasteiger partial charge >= 0.3 is 6.18 Å². The number of imidazole rings is 1. The van der Waals surface area contributed by atoms with E-state index in [4.69, 9.17) is 4.74 Å². The molecule has 7 nitrogen and oxygen atoms in total. The van der Waals surface area contributed by atoms with Gasteiger partial charge in [0.2, 0.25) is 11.9 Å². The van der Waals surface area contributed by atoms with Crippen LogP contribution < -0.4 is 10.6 Å². The summed E-state index contributed by atoms with van der Waals surface area (Å²) in [6, 6.07) is 5.28. The molecular weight excluding hydrogens is 490 g/mol. The zero-order valence-electron chi connectivity index (χ0n) is 18.4. The largest absolute Gasteiger partial charge is 0.416 e. The molecule has 2 aromatic carbocycles. The minimum Gasteiger partial charge on any atom is -0.381 e. The third kappa shape index (κ3) is 4.78. The summed E-state index contributed by atoms with van der Waals surface area (Å²) in [6.45, 7) is 0.898. The van der Waals surface area contributed by atoms with Crippen LogP contribution in [0.5, 0.6) is 0 Å². The topological polar surface area (TPSA) is 76.9 Å². The number of hydrogen-bond donors (Lipinski definition) is 2. The molecule has 188 valence electrons. The molecule has 1 saturated heterocycles. The number of hydrogen-bond acceptors (Lipinski definition) is 6. The van der Waals surface area contributed by atoms with Gasteiger partial charge in [-0.3, -0.25) is 4.57 Å². The molecule has 2 aromatic heterocycles. The van der Waals surface area contributed by atoms with Crippen molar-refractivity contribution in [3.63, 3.8) is 0 Å². The molecule has 1 aliphatic rings. The summed E-state index contributed by atoms with van der Waals surface area (Å²) in [5, 5.41) is 5.46. The average molecular weight is 508 g/mol. The number of alkyl halides is 3. The number of fused-ring (bicyclic) bond motifs is 1. The molecule has 4 aromatic rings. The highest BCUT2D eigenvalue weighted by molar-refractivity contribution is 5.77. The number of rotatable bonds is 5. The van der Waals surface area contributed by atoms with Gasteiger partial charge in [-0.2, -0.15) is 18.2 Å². The minimum atomic E-state index is -4.46. The SMILES string of the molecule is Fc1cc(F)c(Nc2nc3cnc(Nc4ccc(C(F)(F)F)cc4)nc3n2C2CCOCC2)c(F)c1. The molecule has 0 unspecified atom stereocenters. The Balaban J connectivity index is 1.52. The number of nitrogens with zero attached hydrogens (tertiary/aromatic N) is 4. The number of benzene rings is 2. The first-order valence-corrected chi connectivity index (χ1v) is 10.9. The number of nitrogens with one attached hydrogen (secondary N) is 2. The van der Waals surface area contributed by atoms with E-state index in [9.17, 15) is 26.3 Å². The zero-order chi connectivity index (χ0) is 25.4. The summed E-state index contributed by atoms with van der Waals surface area (Å²) in [5.74, 6) is -3.16. The summed E-state index contributed by atoms with van der Waals surface area (Å²) < 4.78 is 87.6. The van der Waals surface area contributed by atoms with Gasteiger partial charge in [-0.25, -0.2) is 23.1 Å². The van der Waals surface area contributed by atoms with Gasteiger partial charge in [-0.05, 0) is 37.1 Å². The van der Waals surface area contributed by atoms with Gasteiger partial charge in [0.1, 0.15) is 17.0 Å². The second-order valence-corrected chi connectivity index (χ2v) is 8.12. The fraction of sp³-hybridized carbons (Fsp3) is 0.261. The van der Waals surface area contributed by atoms with Crippen molar-refractivity contribution in [2.24, 2.45) is 0 Å². The average Bonchev–Trinajstić information content (AvgIpc) is 3.19. The van der Waals surface area contributed by atoms with Crippen LogP contribution in [0.3, 0.4) is 0 Å². The molecule has 0 amide bonds. The summed E-state index contributed by atoms with van der Waals surface area (Å²) in [7, 11) is 0. The van der Waals surface area contributed by atoms with Crippen LogP contribution in [0.4, 0.5) is 49.6 Å². The van der Waals surface area contributed by atoms with Crippen LogP contribution in [0, 0.1) is 17.5 Å². The Morgan fingerprint density at radius 3 is 2.22 bits per heavy atom. The quantitative estimate of drug-likeness (QED) is 0.317. The van der Waals surface area contributed by atoms with Crippen LogP contribution in [-0.2, 0) is 10.9 Å². The molecule has 0 bridgehead atoms. The zero-order valence-corrected chi connectivity index (χ0v) is 18.4. The van der Waals surface area contributed by atoms with E-state index in [-0.39, 0.29) is 17.9 Å². The van der Waals surface area contributed by atoms with Crippen molar-refractivity contribution in [1.82, 2.24) is 19.5 Å². The fourth-order valence-corrected chi connectivity index (χ4v) is 3.97. The molecule has 5 rings (SSSR count). The maximum absolute atomic E-state index is 14.3. The Kier molecular flexibility index (Phi) is 6.16. The molecule has 2 N–H and O–H groups in total. The summed E-state index contributed by atoms with van der Waals surface area (Å²) in [4.78, 5) is 13.0. The van der Waals surface area contributed by atoms with E-state index >= 15 is 0 Å². The first-order valence-electron chi connectivity index (χ1n) is 10.9. The Bertz CT molecular complexity index is 1380. The number of aromatic nitrogens is 4. The highest BCUT2D eigenvalue weighted by atomic mass is 19.4. The van der Waals surface area contributed by atoms with Crippen LogP contribution in [0.1, 0.15) is 24.4 Å². The van der Waals surface area contributed by atoms with Crippen molar-refractivity contribution in [3.8, 4) is 0 Å². The highest BCUT2D eigenvalue weighted by Crippen LogP contribution is 2.34. The lowest BCUT2D eigenvalue weighted by Crippen LogP contribution is -2.21. The van der Waals surface area contributed by atoms with Crippen molar-refractivity contribution in [2.75, 3.05) is 23.8 Å². The van der Waals surface area contributed by atoms with Gasteiger partial charge < -0.3 is 15.4 Å². The van der Waals surface area contributed by atoms with Crippen molar-refractivity contribution in [2.45, 2.75) is 25.1 Å². The minimum absolute atomic E-state index is 0.0716. The molecular formula is C23H18F6N6O. The second-order valence-electron chi connectivity index (χ2n) is 8.12. The van der Waals surface area contributed by atoms with E-state index in [0.717, 1.165) is 12.1 Å². The molecule has 0 atom stereocenters. The van der Waals surface area contributed by atoms with Crippen LogP contribution in [0.15, 0.2) is 42.6 Å². The third-order valence-electron chi connectivity index (χ3n) is 5.70. The Morgan fingerprint density at radius 2 is 1.58 bits per heavy atom. The molecule has 1 aliphatic heterocycles. The van der Waals surface area contributed by atoms with E-state index < -0.39 is 34.9 Å². The summed E-state index contributed by atoms with van der Waals surface area (Å²) in [5.41, 5.74) is -0.399. The Labute approximate surface area is 200 Å². The van der Waals surface area contributed by atoms with E-state index in [0.29, 0.717) is 55.0 Å². The van der Waals surface area contributed by atoms with Gasteiger partial charge in [0, 0.05) is 37.1 Å². The summed E-state index contributed by atoms with van der Waals surface area (Å²) >= 11 is 0. The number of halogens is 6. The first kappa shape index (κ1) is 23.9. The molecule has 1 fully saturated rings. The van der Waals surface area contributed by atoms with Crippen LogP contribution in [0.25, 0.3) is 11.2 Å². The van der Waals surface area contributed by atoms with E-state index in [1.807, 2.05) is 0 Å². The Morgan fingerprint density at radius 1 is 0.917 bits per heavy atom. The molecule has 3 heterocycles. The monoisotopic (exact) mass is 508 g/mol.